The van der Waals surface area contributed by atoms with E-state index >= 15 is 0 Å². The van der Waals surface area contributed by atoms with Gasteiger partial charge in [-0.3, -0.25) is 9.59 Å². The molecule has 4 aromatic rings. The molecule has 8 heteroatoms. The van der Waals surface area contributed by atoms with Crippen molar-refractivity contribution >= 4 is 16.9 Å². The Kier molecular flexibility index (Phi) is 8.43. The van der Waals surface area contributed by atoms with E-state index in [1.54, 1.807) is 19.1 Å². The summed E-state index contributed by atoms with van der Waals surface area (Å²) in [7, 11) is 3.18. The molecular formula is C34H37NO7. The lowest BCUT2D eigenvalue weighted by atomic mass is 9.96. The van der Waals surface area contributed by atoms with Crippen molar-refractivity contribution in [2.45, 2.75) is 46.6 Å². The average molecular weight is 572 g/mol. The van der Waals surface area contributed by atoms with Crippen LogP contribution in [0.5, 0.6) is 23.0 Å². The smallest absolute Gasteiger partial charge is 0.290 e. The number of nitrogens with zero attached hydrogens (tertiary/aromatic N) is 1. The second-order valence-corrected chi connectivity index (χ2v) is 10.5. The Morgan fingerprint density at radius 2 is 1.62 bits per heavy atom. The second-order valence-electron chi connectivity index (χ2n) is 10.5. The summed E-state index contributed by atoms with van der Waals surface area (Å²) in [6, 6.07) is 14.4. The quantitative estimate of drug-likeness (QED) is 0.206. The summed E-state index contributed by atoms with van der Waals surface area (Å²) in [6.07, 6.45) is 1.38. The Balaban J connectivity index is 1.63. The van der Waals surface area contributed by atoms with E-state index in [4.69, 9.17) is 23.4 Å². The predicted molar refractivity (Wildman–Crippen MR) is 161 cm³/mol. The summed E-state index contributed by atoms with van der Waals surface area (Å²) in [5.74, 6) is 2.20. The van der Waals surface area contributed by atoms with Crippen LogP contribution < -0.4 is 24.4 Å². The van der Waals surface area contributed by atoms with Gasteiger partial charge in [-0.05, 0) is 86.2 Å². The maximum absolute atomic E-state index is 14.1. The third-order valence-electron chi connectivity index (χ3n) is 7.55. The number of aryl methyl sites for hydroxylation is 2. The Labute approximate surface area is 245 Å². The standard InChI is InChI=1S/C34H37NO7/c1-7-15-41-25-12-10-23(19-27(25)40-8-2)31-30-32(36)29-21(4)16-20(3)17-28(29)42-33(30)34(37)35(31)14-13-22-9-11-24(38-5)26(18-22)39-6/h9-12,16-19,31H,7-8,13-15H2,1-6H3. The van der Waals surface area contributed by atoms with Gasteiger partial charge >= 0.3 is 0 Å². The maximum Gasteiger partial charge on any atom is 0.290 e. The van der Waals surface area contributed by atoms with Gasteiger partial charge < -0.3 is 28.3 Å². The van der Waals surface area contributed by atoms with Crippen molar-refractivity contribution in [3.63, 3.8) is 0 Å². The van der Waals surface area contributed by atoms with E-state index < -0.39 is 6.04 Å². The van der Waals surface area contributed by atoms with Crippen LogP contribution >= 0.6 is 0 Å². The number of methoxy groups -OCH3 is 2. The van der Waals surface area contributed by atoms with Gasteiger partial charge in [0.15, 0.2) is 28.4 Å². The molecule has 0 radical (unpaired) electrons. The summed E-state index contributed by atoms with van der Waals surface area (Å²) in [4.78, 5) is 29.9. The molecule has 3 aromatic carbocycles. The van der Waals surface area contributed by atoms with Crippen LogP contribution in [0.2, 0.25) is 0 Å². The number of hydrogen-bond acceptors (Lipinski definition) is 7. The summed E-state index contributed by atoms with van der Waals surface area (Å²) in [5, 5.41) is 0.492. The third-order valence-corrected chi connectivity index (χ3v) is 7.55. The van der Waals surface area contributed by atoms with Gasteiger partial charge in [-0.1, -0.05) is 25.1 Å². The molecule has 2 heterocycles. The van der Waals surface area contributed by atoms with Crippen LogP contribution in [-0.2, 0) is 6.42 Å². The van der Waals surface area contributed by atoms with Gasteiger partial charge in [0, 0.05) is 6.54 Å². The normalized spacial score (nSPS) is 14.3. The van der Waals surface area contributed by atoms with Gasteiger partial charge in [-0.25, -0.2) is 0 Å². The zero-order valence-electron chi connectivity index (χ0n) is 25.0. The number of rotatable bonds is 11. The largest absolute Gasteiger partial charge is 0.493 e. The number of carbonyl (C=O) groups is 1. The van der Waals surface area contributed by atoms with E-state index in [-0.39, 0.29) is 17.1 Å². The molecule has 1 aromatic heterocycles. The highest BCUT2D eigenvalue weighted by molar-refractivity contribution is 5.99. The van der Waals surface area contributed by atoms with Crippen LogP contribution in [0.25, 0.3) is 11.0 Å². The van der Waals surface area contributed by atoms with Crippen molar-refractivity contribution in [3.8, 4) is 23.0 Å². The van der Waals surface area contributed by atoms with E-state index in [1.165, 1.54) is 0 Å². The zero-order valence-corrected chi connectivity index (χ0v) is 25.0. The van der Waals surface area contributed by atoms with Crippen molar-refractivity contribution < 1.29 is 28.2 Å². The fraction of sp³-hybridized carbons (Fsp3) is 0.353. The van der Waals surface area contributed by atoms with Crippen LogP contribution in [0.4, 0.5) is 0 Å². The van der Waals surface area contributed by atoms with Crippen LogP contribution in [0.15, 0.2) is 57.7 Å². The first-order valence-corrected chi connectivity index (χ1v) is 14.3. The number of hydrogen-bond donors (Lipinski definition) is 0. The van der Waals surface area contributed by atoms with Crippen LogP contribution in [0.3, 0.4) is 0 Å². The lowest BCUT2D eigenvalue weighted by Gasteiger charge is -2.26. The van der Waals surface area contributed by atoms with Crippen molar-refractivity contribution in [1.29, 1.82) is 0 Å². The lowest BCUT2D eigenvalue weighted by molar-refractivity contribution is 0.0729. The minimum Gasteiger partial charge on any atom is -0.493 e. The van der Waals surface area contributed by atoms with Gasteiger partial charge in [-0.15, -0.1) is 0 Å². The first-order chi connectivity index (χ1) is 20.3. The first-order valence-electron chi connectivity index (χ1n) is 14.3. The molecule has 0 bridgehead atoms. The Morgan fingerprint density at radius 1 is 0.857 bits per heavy atom. The summed E-state index contributed by atoms with van der Waals surface area (Å²) >= 11 is 0. The van der Waals surface area contributed by atoms with E-state index in [9.17, 15) is 9.59 Å². The number of amides is 1. The predicted octanol–water partition coefficient (Wildman–Crippen LogP) is 6.40. The third kappa shape index (κ3) is 5.29. The van der Waals surface area contributed by atoms with Crippen molar-refractivity contribution in [3.05, 3.63) is 92.3 Å². The Bertz CT molecular complexity index is 1690. The molecule has 1 unspecified atom stereocenters. The molecule has 1 amide bonds. The second kappa shape index (κ2) is 12.2. The number of benzene rings is 3. The summed E-state index contributed by atoms with van der Waals surface area (Å²) < 4.78 is 28.9. The van der Waals surface area contributed by atoms with Crippen molar-refractivity contribution in [2.75, 3.05) is 34.0 Å². The highest BCUT2D eigenvalue weighted by Gasteiger charge is 2.43. The number of ether oxygens (including phenoxy) is 4. The highest BCUT2D eigenvalue weighted by Crippen LogP contribution is 2.41. The molecule has 0 saturated carbocycles. The SMILES string of the molecule is CCCOc1ccc(C2c3c(oc4cc(C)cc(C)c4c3=O)C(=O)N2CCc2ccc(OC)c(OC)c2)cc1OCC. The van der Waals surface area contributed by atoms with Gasteiger partial charge in [0.05, 0.1) is 44.4 Å². The maximum atomic E-state index is 14.1. The molecule has 0 spiro atoms. The zero-order chi connectivity index (χ0) is 30.0. The molecule has 220 valence electrons. The van der Waals surface area contributed by atoms with E-state index in [0.717, 1.165) is 28.7 Å². The molecule has 1 aliphatic rings. The van der Waals surface area contributed by atoms with Crippen LogP contribution in [-0.4, -0.2) is 44.8 Å². The van der Waals surface area contributed by atoms with Crippen LogP contribution in [0, 0.1) is 13.8 Å². The van der Waals surface area contributed by atoms with Gasteiger partial charge in [0.25, 0.3) is 5.91 Å². The molecule has 1 atom stereocenters. The molecule has 42 heavy (non-hydrogen) atoms. The lowest BCUT2D eigenvalue weighted by Crippen LogP contribution is -2.31. The van der Waals surface area contributed by atoms with Crippen molar-refractivity contribution in [1.82, 2.24) is 4.90 Å². The van der Waals surface area contributed by atoms with Gasteiger partial charge in [-0.2, -0.15) is 0 Å². The topological polar surface area (TPSA) is 87.4 Å². The van der Waals surface area contributed by atoms with Gasteiger partial charge in [0.2, 0.25) is 5.76 Å². The molecule has 0 N–H and O–H groups in total. The molecule has 5 rings (SSSR count). The molecule has 0 aliphatic carbocycles. The monoisotopic (exact) mass is 571 g/mol. The molecule has 8 nitrogen and oxygen atoms in total. The minimum absolute atomic E-state index is 0.0825. The van der Waals surface area contributed by atoms with Gasteiger partial charge in [0.1, 0.15) is 5.58 Å². The van der Waals surface area contributed by atoms with E-state index in [0.29, 0.717) is 65.7 Å². The molecular weight excluding hydrogens is 534 g/mol. The molecule has 0 fully saturated rings. The first kappa shape index (κ1) is 29.0. The molecule has 0 saturated heterocycles. The minimum atomic E-state index is -0.659. The van der Waals surface area contributed by atoms with E-state index in [1.807, 2.05) is 76.2 Å². The summed E-state index contributed by atoms with van der Waals surface area (Å²) in [6.45, 7) is 9.12. The fourth-order valence-corrected chi connectivity index (χ4v) is 5.67. The number of fused-ring (bicyclic) bond motifs is 2. The average Bonchev–Trinajstić information content (AvgIpc) is 3.26. The van der Waals surface area contributed by atoms with Crippen LogP contribution in [0.1, 0.15) is 64.7 Å². The number of carbonyl (C=O) groups excluding carboxylic acids is 1. The molecule has 1 aliphatic heterocycles. The fourth-order valence-electron chi connectivity index (χ4n) is 5.67. The summed E-state index contributed by atoms with van der Waals surface area (Å²) in [5.41, 5.74) is 4.05. The highest BCUT2D eigenvalue weighted by atomic mass is 16.5. The van der Waals surface area contributed by atoms with E-state index in [2.05, 4.69) is 0 Å². The van der Waals surface area contributed by atoms with Crippen molar-refractivity contribution in [2.24, 2.45) is 0 Å². The Hall–Kier alpha value is -4.46. The Morgan fingerprint density at radius 3 is 2.33 bits per heavy atom.